The Kier molecular flexibility index (Phi) is 5.30. The molecule has 0 fully saturated rings. The van der Waals surface area contributed by atoms with Gasteiger partial charge >= 0.3 is 0 Å². The van der Waals surface area contributed by atoms with Gasteiger partial charge in [-0.05, 0) is 24.6 Å². The van der Waals surface area contributed by atoms with Crippen molar-refractivity contribution in [1.29, 1.82) is 5.26 Å². The summed E-state index contributed by atoms with van der Waals surface area (Å²) in [6.45, 7) is 3.97. The van der Waals surface area contributed by atoms with Crippen LogP contribution in [0.3, 0.4) is 0 Å². The summed E-state index contributed by atoms with van der Waals surface area (Å²) in [6, 6.07) is 6.06. The van der Waals surface area contributed by atoms with Crippen molar-refractivity contribution in [1.82, 2.24) is 0 Å². The zero-order valence-corrected chi connectivity index (χ0v) is 9.29. The molecular weight excluding hydrogens is 207 g/mol. The molecule has 0 aliphatic carbocycles. The van der Waals surface area contributed by atoms with E-state index in [1.54, 1.807) is 6.07 Å². The summed E-state index contributed by atoms with van der Waals surface area (Å²) in [6.07, 6.45) is 0.986. The summed E-state index contributed by atoms with van der Waals surface area (Å²) >= 11 is 0. The molecule has 0 heterocycles. The first-order chi connectivity index (χ1) is 7.77. The molecule has 86 valence electrons. The Bertz CT molecular complexity index is 374. The third kappa shape index (κ3) is 3.87. The average Bonchev–Trinajstić information content (AvgIpc) is 2.30. The fourth-order valence-electron chi connectivity index (χ4n) is 1.27. The maximum absolute atomic E-state index is 12.8. The zero-order chi connectivity index (χ0) is 11.8. The molecule has 0 amide bonds. The Labute approximate surface area is 94.8 Å². The van der Waals surface area contributed by atoms with Crippen LogP contribution >= 0.6 is 0 Å². The molecule has 0 spiro atoms. The second-order valence-electron chi connectivity index (χ2n) is 3.34. The van der Waals surface area contributed by atoms with E-state index >= 15 is 0 Å². The van der Waals surface area contributed by atoms with Crippen LogP contribution in [0.25, 0.3) is 0 Å². The molecule has 0 saturated carbocycles. The third-order valence-electron chi connectivity index (χ3n) is 2.01. The summed E-state index contributed by atoms with van der Waals surface area (Å²) < 4.78 is 18.1. The average molecular weight is 222 g/mol. The molecule has 1 aromatic rings. The summed E-state index contributed by atoms with van der Waals surface area (Å²) in [7, 11) is 0. The number of benzene rings is 1. The highest BCUT2D eigenvalue weighted by Gasteiger charge is 2.02. The molecule has 0 radical (unpaired) electrons. The van der Waals surface area contributed by atoms with Gasteiger partial charge in [-0.3, -0.25) is 0 Å². The highest BCUT2D eigenvalue weighted by Crippen LogP contribution is 2.15. The minimum Gasteiger partial charge on any atom is -0.382 e. The molecule has 1 N–H and O–H groups in total. The van der Waals surface area contributed by atoms with Crippen molar-refractivity contribution in [2.75, 3.05) is 25.1 Å². The minimum absolute atomic E-state index is 0.315. The van der Waals surface area contributed by atoms with Crippen LogP contribution < -0.4 is 5.32 Å². The van der Waals surface area contributed by atoms with E-state index in [0.29, 0.717) is 24.4 Å². The summed E-state index contributed by atoms with van der Waals surface area (Å²) in [5.74, 6) is -0.399. The van der Waals surface area contributed by atoms with Crippen LogP contribution in [0.2, 0.25) is 0 Å². The topological polar surface area (TPSA) is 45.0 Å². The lowest BCUT2D eigenvalue weighted by molar-refractivity contribution is 0.144. The number of nitriles is 1. The number of nitrogens with one attached hydrogen (secondary N) is 1. The lowest BCUT2D eigenvalue weighted by Crippen LogP contribution is -2.10. The normalized spacial score (nSPS) is 9.81. The highest BCUT2D eigenvalue weighted by molar-refractivity contribution is 5.57. The van der Waals surface area contributed by atoms with Gasteiger partial charge in [-0.15, -0.1) is 0 Å². The maximum atomic E-state index is 12.8. The Balaban J connectivity index is 2.45. The number of nitrogens with zero attached hydrogens (tertiary/aromatic N) is 1. The number of hydrogen-bond acceptors (Lipinski definition) is 3. The van der Waals surface area contributed by atoms with Crippen LogP contribution in [-0.2, 0) is 4.74 Å². The van der Waals surface area contributed by atoms with Crippen LogP contribution in [0.5, 0.6) is 0 Å². The highest BCUT2D eigenvalue weighted by atomic mass is 19.1. The van der Waals surface area contributed by atoms with Gasteiger partial charge in [-0.25, -0.2) is 4.39 Å². The van der Waals surface area contributed by atoms with Crippen LogP contribution in [0.15, 0.2) is 18.2 Å². The van der Waals surface area contributed by atoms with Gasteiger partial charge < -0.3 is 10.1 Å². The van der Waals surface area contributed by atoms with E-state index < -0.39 is 5.82 Å². The standard InChI is InChI=1S/C12H15FN2O/c1-2-6-16-7-5-15-12-4-3-11(13)8-10(12)9-14/h3-4,8,15H,2,5-7H2,1H3. The van der Waals surface area contributed by atoms with Gasteiger partial charge in [0.1, 0.15) is 11.9 Å². The molecule has 16 heavy (non-hydrogen) atoms. The van der Waals surface area contributed by atoms with E-state index in [1.165, 1.54) is 12.1 Å². The zero-order valence-electron chi connectivity index (χ0n) is 9.29. The lowest BCUT2D eigenvalue weighted by atomic mass is 10.2. The van der Waals surface area contributed by atoms with Crippen molar-refractivity contribution < 1.29 is 9.13 Å². The second-order valence-corrected chi connectivity index (χ2v) is 3.34. The van der Waals surface area contributed by atoms with Gasteiger partial charge in [0, 0.05) is 13.2 Å². The predicted molar refractivity (Wildman–Crippen MR) is 60.7 cm³/mol. The van der Waals surface area contributed by atoms with Gasteiger partial charge in [0.05, 0.1) is 17.9 Å². The molecule has 0 aliphatic rings. The van der Waals surface area contributed by atoms with Crippen LogP contribution in [0.4, 0.5) is 10.1 Å². The van der Waals surface area contributed by atoms with Crippen molar-refractivity contribution in [3.8, 4) is 6.07 Å². The van der Waals surface area contributed by atoms with Gasteiger partial charge in [-0.1, -0.05) is 6.92 Å². The van der Waals surface area contributed by atoms with Crippen molar-refractivity contribution in [2.45, 2.75) is 13.3 Å². The fraction of sp³-hybridized carbons (Fsp3) is 0.417. The van der Waals surface area contributed by atoms with Crippen LogP contribution in [-0.4, -0.2) is 19.8 Å². The smallest absolute Gasteiger partial charge is 0.124 e. The first-order valence-electron chi connectivity index (χ1n) is 5.29. The number of ether oxygens (including phenoxy) is 1. The molecule has 0 saturated heterocycles. The maximum Gasteiger partial charge on any atom is 0.124 e. The Hall–Kier alpha value is -1.60. The van der Waals surface area contributed by atoms with E-state index in [-0.39, 0.29) is 0 Å². The van der Waals surface area contributed by atoms with E-state index in [0.717, 1.165) is 13.0 Å². The summed E-state index contributed by atoms with van der Waals surface area (Å²) in [5.41, 5.74) is 0.958. The van der Waals surface area contributed by atoms with Gasteiger partial charge in [0.15, 0.2) is 0 Å². The van der Waals surface area contributed by atoms with Gasteiger partial charge in [0.2, 0.25) is 0 Å². The molecular formula is C12H15FN2O. The largest absolute Gasteiger partial charge is 0.382 e. The first-order valence-corrected chi connectivity index (χ1v) is 5.29. The molecule has 3 nitrogen and oxygen atoms in total. The first kappa shape index (κ1) is 12.5. The summed E-state index contributed by atoms with van der Waals surface area (Å²) in [5, 5.41) is 11.8. The van der Waals surface area contributed by atoms with Gasteiger partial charge in [-0.2, -0.15) is 5.26 Å². The molecule has 0 bridgehead atoms. The summed E-state index contributed by atoms with van der Waals surface area (Å²) in [4.78, 5) is 0. The van der Waals surface area contributed by atoms with Crippen molar-refractivity contribution in [2.24, 2.45) is 0 Å². The van der Waals surface area contributed by atoms with Crippen molar-refractivity contribution in [3.05, 3.63) is 29.6 Å². The monoisotopic (exact) mass is 222 g/mol. The van der Waals surface area contributed by atoms with Gasteiger partial charge in [0.25, 0.3) is 0 Å². The van der Waals surface area contributed by atoms with E-state index in [9.17, 15) is 4.39 Å². The molecule has 4 heteroatoms. The SMILES string of the molecule is CCCOCCNc1ccc(F)cc1C#N. The predicted octanol–water partition coefficient (Wildman–Crippen LogP) is 2.54. The third-order valence-corrected chi connectivity index (χ3v) is 2.01. The van der Waals surface area contributed by atoms with Crippen LogP contribution in [0, 0.1) is 17.1 Å². The lowest BCUT2D eigenvalue weighted by Gasteiger charge is -2.08. The molecule has 1 rings (SSSR count). The van der Waals surface area contributed by atoms with Crippen molar-refractivity contribution in [3.63, 3.8) is 0 Å². The Morgan fingerprint density at radius 3 is 2.94 bits per heavy atom. The molecule has 0 atom stereocenters. The number of hydrogen-bond donors (Lipinski definition) is 1. The van der Waals surface area contributed by atoms with E-state index in [2.05, 4.69) is 5.32 Å². The molecule has 0 aromatic heterocycles. The number of anilines is 1. The Morgan fingerprint density at radius 2 is 2.25 bits per heavy atom. The number of rotatable bonds is 6. The van der Waals surface area contributed by atoms with Crippen LogP contribution in [0.1, 0.15) is 18.9 Å². The second kappa shape index (κ2) is 6.81. The molecule has 0 aliphatic heterocycles. The molecule has 1 aromatic carbocycles. The number of halogens is 1. The Morgan fingerprint density at radius 1 is 1.44 bits per heavy atom. The van der Waals surface area contributed by atoms with Crippen molar-refractivity contribution >= 4 is 5.69 Å². The minimum atomic E-state index is -0.399. The fourth-order valence-corrected chi connectivity index (χ4v) is 1.27. The quantitative estimate of drug-likeness (QED) is 0.752. The van der Waals surface area contributed by atoms with E-state index in [4.69, 9.17) is 10.00 Å². The molecule has 0 unspecified atom stereocenters. The van der Waals surface area contributed by atoms with E-state index in [1.807, 2.05) is 13.0 Å².